The molecule has 0 aliphatic rings. The van der Waals surface area contributed by atoms with Crippen molar-refractivity contribution in [3.63, 3.8) is 0 Å². The van der Waals surface area contributed by atoms with E-state index in [1.165, 1.54) is 0 Å². The Morgan fingerprint density at radius 1 is 1.29 bits per heavy atom. The summed E-state index contributed by atoms with van der Waals surface area (Å²) < 4.78 is 0. The molecule has 1 amide bonds. The lowest BCUT2D eigenvalue weighted by atomic mass is 10.1. The van der Waals surface area contributed by atoms with Gasteiger partial charge in [-0.05, 0) is 24.6 Å². The number of nitrogens with zero attached hydrogens (tertiary/aromatic N) is 1. The van der Waals surface area contributed by atoms with Gasteiger partial charge in [0.25, 0.3) is 5.91 Å². The van der Waals surface area contributed by atoms with Gasteiger partial charge in [-0.25, -0.2) is 0 Å². The van der Waals surface area contributed by atoms with Crippen LogP contribution >= 0.6 is 0 Å². The highest BCUT2D eigenvalue weighted by molar-refractivity contribution is 5.99. The molecule has 0 aromatic heterocycles. The van der Waals surface area contributed by atoms with E-state index in [0.717, 1.165) is 25.8 Å². The summed E-state index contributed by atoms with van der Waals surface area (Å²) in [6, 6.07) is 5.00. The number of benzene rings is 1. The Morgan fingerprint density at radius 3 is 2.59 bits per heavy atom. The summed E-state index contributed by atoms with van der Waals surface area (Å²) in [4.78, 5) is 13.8. The fraction of sp³-hybridized carbons (Fsp3) is 0.462. The van der Waals surface area contributed by atoms with Gasteiger partial charge in [-0.1, -0.05) is 19.8 Å². The van der Waals surface area contributed by atoms with E-state index in [-0.39, 0.29) is 5.91 Å². The lowest BCUT2D eigenvalue weighted by molar-refractivity contribution is 0.0794. The average Bonchev–Trinajstić information content (AvgIpc) is 2.28. The number of carbonyl (C=O) groups is 1. The van der Waals surface area contributed by atoms with Crippen molar-refractivity contribution in [1.82, 2.24) is 4.90 Å². The number of unbranched alkanes of at least 4 members (excludes halogenated alkanes) is 2. The van der Waals surface area contributed by atoms with Crippen LogP contribution in [0, 0.1) is 0 Å². The topological polar surface area (TPSA) is 72.3 Å². The summed E-state index contributed by atoms with van der Waals surface area (Å²) in [5.74, 6) is -0.0430. The van der Waals surface area contributed by atoms with Gasteiger partial charge in [-0.15, -0.1) is 0 Å². The molecule has 0 aliphatic carbocycles. The van der Waals surface area contributed by atoms with Crippen LogP contribution in [0.4, 0.5) is 11.4 Å². The summed E-state index contributed by atoms with van der Waals surface area (Å²) in [5, 5.41) is 0. The number of hydrogen-bond donors (Lipinski definition) is 2. The molecule has 0 aliphatic heterocycles. The van der Waals surface area contributed by atoms with Crippen LogP contribution < -0.4 is 11.5 Å². The van der Waals surface area contributed by atoms with Crippen molar-refractivity contribution in [1.29, 1.82) is 0 Å². The molecule has 0 saturated carbocycles. The Hall–Kier alpha value is -1.71. The third-order valence-corrected chi connectivity index (χ3v) is 2.75. The first-order valence-electron chi connectivity index (χ1n) is 5.96. The zero-order valence-corrected chi connectivity index (χ0v) is 10.6. The fourth-order valence-electron chi connectivity index (χ4n) is 1.68. The molecule has 0 atom stereocenters. The van der Waals surface area contributed by atoms with Crippen molar-refractivity contribution in [2.45, 2.75) is 26.2 Å². The molecule has 17 heavy (non-hydrogen) atoms. The van der Waals surface area contributed by atoms with Crippen molar-refractivity contribution in [3.05, 3.63) is 23.8 Å². The van der Waals surface area contributed by atoms with Gasteiger partial charge in [0, 0.05) is 25.0 Å². The maximum atomic E-state index is 12.1. The standard InChI is InChI=1S/C13H21N3O/c1-3-4-5-8-16(2)13(17)11-7-6-10(14)9-12(11)15/h6-7,9H,3-5,8,14-15H2,1-2H3. The van der Waals surface area contributed by atoms with Gasteiger partial charge in [0.05, 0.1) is 5.56 Å². The summed E-state index contributed by atoms with van der Waals surface area (Å²) in [7, 11) is 1.80. The SMILES string of the molecule is CCCCCN(C)C(=O)c1ccc(N)cc1N. The van der Waals surface area contributed by atoms with E-state index < -0.39 is 0 Å². The van der Waals surface area contributed by atoms with E-state index >= 15 is 0 Å². The molecule has 1 rings (SSSR count). The van der Waals surface area contributed by atoms with Gasteiger partial charge in [0.1, 0.15) is 0 Å². The normalized spacial score (nSPS) is 10.2. The molecule has 4 N–H and O–H groups in total. The van der Waals surface area contributed by atoms with Gasteiger partial charge in [-0.2, -0.15) is 0 Å². The second-order valence-corrected chi connectivity index (χ2v) is 4.28. The van der Waals surface area contributed by atoms with Gasteiger partial charge < -0.3 is 16.4 Å². The van der Waals surface area contributed by atoms with E-state index in [2.05, 4.69) is 6.92 Å². The van der Waals surface area contributed by atoms with E-state index in [1.807, 2.05) is 0 Å². The molecule has 4 heteroatoms. The van der Waals surface area contributed by atoms with Gasteiger partial charge in [-0.3, -0.25) is 4.79 Å². The highest BCUT2D eigenvalue weighted by Gasteiger charge is 2.14. The van der Waals surface area contributed by atoms with E-state index in [4.69, 9.17) is 11.5 Å². The molecule has 1 aromatic rings. The van der Waals surface area contributed by atoms with Crippen LogP contribution in [-0.4, -0.2) is 24.4 Å². The van der Waals surface area contributed by atoms with Crippen LogP contribution in [0.25, 0.3) is 0 Å². The molecule has 0 spiro atoms. The number of nitrogen functional groups attached to an aromatic ring is 2. The number of rotatable bonds is 5. The Kier molecular flexibility index (Phi) is 4.82. The molecule has 0 fully saturated rings. The number of hydrogen-bond acceptors (Lipinski definition) is 3. The molecule has 0 bridgehead atoms. The first-order chi connectivity index (χ1) is 8.06. The molecule has 94 valence electrons. The number of nitrogens with two attached hydrogens (primary N) is 2. The lowest BCUT2D eigenvalue weighted by Gasteiger charge is -2.18. The van der Waals surface area contributed by atoms with Crippen molar-refractivity contribution < 1.29 is 4.79 Å². The minimum absolute atomic E-state index is 0.0430. The average molecular weight is 235 g/mol. The zero-order chi connectivity index (χ0) is 12.8. The highest BCUT2D eigenvalue weighted by atomic mass is 16.2. The van der Waals surface area contributed by atoms with Crippen molar-refractivity contribution in [2.75, 3.05) is 25.1 Å². The Labute approximate surface area is 103 Å². The Balaban J connectivity index is 2.68. The molecule has 1 aromatic carbocycles. The second kappa shape index (κ2) is 6.13. The molecule has 0 heterocycles. The van der Waals surface area contributed by atoms with Gasteiger partial charge >= 0.3 is 0 Å². The first-order valence-corrected chi connectivity index (χ1v) is 5.96. The molecule has 0 saturated heterocycles. The summed E-state index contributed by atoms with van der Waals surface area (Å²) in [5.41, 5.74) is 12.9. The maximum absolute atomic E-state index is 12.1. The number of anilines is 2. The number of carbonyl (C=O) groups excluding carboxylic acids is 1. The number of amides is 1. The van der Waals surface area contributed by atoms with Gasteiger partial charge in [0.15, 0.2) is 0 Å². The zero-order valence-electron chi connectivity index (χ0n) is 10.6. The fourth-order valence-corrected chi connectivity index (χ4v) is 1.68. The molecule has 0 radical (unpaired) electrons. The van der Waals surface area contributed by atoms with Gasteiger partial charge in [0.2, 0.25) is 0 Å². The third kappa shape index (κ3) is 3.66. The molecular weight excluding hydrogens is 214 g/mol. The Morgan fingerprint density at radius 2 is 2.00 bits per heavy atom. The summed E-state index contributed by atoms with van der Waals surface area (Å²) in [6.07, 6.45) is 3.30. The third-order valence-electron chi connectivity index (χ3n) is 2.75. The quantitative estimate of drug-likeness (QED) is 0.606. The van der Waals surface area contributed by atoms with Crippen LogP contribution in [0.2, 0.25) is 0 Å². The van der Waals surface area contributed by atoms with Crippen LogP contribution in [0.1, 0.15) is 36.5 Å². The highest BCUT2D eigenvalue weighted by Crippen LogP contribution is 2.17. The second-order valence-electron chi connectivity index (χ2n) is 4.28. The van der Waals surface area contributed by atoms with Crippen molar-refractivity contribution in [3.8, 4) is 0 Å². The van der Waals surface area contributed by atoms with Crippen molar-refractivity contribution in [2.24, 2.45) is 0 Å². The molecular formula is C13H21N3O. The van der Waals surface area contributed by atoms with Crippen LogP contribution in [0.5, 0.6) is 0 Å². The molecule has 4 nitrogen and oxygen atoms in total. The summed E-state index contributed by atoms with van der Waals surface area (Å²) >= 11 is 0. The minimum atomic E-state index is -0.0430. The summed E-state index contributed by atoms with van der Waals surface area (Å²) in [6.45, 7) is 2.90. The first kappa shape index (κ1) is 13.4. The minimum Gasteiger partial charge on any atom is -0.399 e. The van der Waals surface area contributed by atoms with E-state index in [1.54, 1.807) is 30.1 Å². The Bertz CT molecular complexity index is 390. The van der Waals surface area contributed by atoms with E-state index in [0.29, 0.717) is 16.9 Å². The largest absolute Gasteiger partial charge is 0.399 e. The monoisotopic (exact) mass is 235 g/mol. The predicted molar refractivity (Wildman–Crippen MR) is 71.8 cm³/mol. The van der Waals surface area contributed by atoms with Crippen molar-refractivity contribution >= 4 is 17.3 Å². The van der Waals surface area contributed by atoms with Crippen LogP contribution in [0.15, 0.2) is 18.2 Å². The van der Waals surface area contributed by atoms with Crippen LogP contribution in [-0.2, 0) is 0 Å². The molecule has 0 unspecified atom stereocenters. The van der Waals surface area contributed by atoms with E-state index in [9.17, 15) is 4.79 Å². The van der Waals surface area contributed by atoms with Crippen LogP contribution in [0.3, 0.4) is 0 Å². The maximum Gasteiger partial charge on any atom is 0.255 e. The predicted octanol–water partition coefficient (Wildman–Crippen LogP) is 2.11. The smallest absolute Gasteiger partial charge is 0.255 e. The lowest BCUT2D eigenvalue weighted by Crippen LogP contribution is -2.28.